The molecule has 0 atom stereocenters. The van der Waals surface area contributed by atoms with E-state index in [1.165, 1.54) is 32.1 Å². The van der Waals surface area contributed by atoms with Crippen molar-refractivity contribution in [2.75, 3.05) is 6.54 Å². The molecule has 0 amide bonds. The van der Waals surface area contributed by atoms with Crippen LogP contribution in [0.25, 0.3) is 0 Å². The van der Waals surface area contributed by atoms with E-state index in [2.05, 4.69) is 17.1 Å². The zero-order valence-corrected chi connectivity index (χ0v) is 11.8. The van der Waals surface area contributed by atoms with Gasteiger partial charge in [-0.05, 0) is 45.4 Å². The Bertz CT molecular complexity index is 378. The summed E-state index contributed by atoms with van der Waals surface area (Å²) in [6.45, 7) is 6.88. The number of nitrogens with two attached hydrogens (primary N) is 1. The second-order valence-electron chi connectivity index (χ2n) is 6.17. The van der Waals surface area contributed by atoms with Crippen molar-refractivity contribution in [3.63, 3.8) is 0 Å². The van der Waals surface area contributed by atoms with Crippen molar-refractivity contribution in [1.82, 2.24) is 10.1 Å². The maximum absolute atomic E-state index is 5.73. The van der Waals surface area contributed by atoms with Crippen molar-refractivity contribution in [2.45, 2.75) is 64.2 Å². The molecule has 1 saturated carbocycles. The van der Waals surface area contributed by atoms with Gasteiger partial charge in [0.25, 0.3) is 0 Å². The summed E-state index contributed by atoms with van der Waals surface area (Å²) in [6.07, 6.45) is 6.28. The normalized spacial score (nSPS) is 25.3. The molecular weight excluding hydrogens is 226 g/mol. The lowest BCUT2D eigenvalue weighted by Gasteiger charge is -2.25. The molecule has 0 radical (unpaired) electrons. The van der Waals surface area contributed by atoms with Gasteiger partial charge in [-0.1, -0.05) is 18.5 Å². The first-order valence-electron chi connectivity index (χ1n) is 7.11. The molecule has 0 spiro atoms. The summed E-state index contributed by atoms with van der Waals surface area (Å²) in [5, 5.41) is 4.16. The predicted octanol–water partition coefficient (Wildman–Crippen LogP) is 2.99. The Morgan fingerprint density at radius 1 is 1.28 bits per heavy atom. The van der Waals surface area contributed by atoms with Crippen LogP contribution in [0.5, 0.6) is 0 Å². The van der Waals surface area contributed by atoms with Gasteiger partial charge in [0.2, 0.25) is 5.89 Å². The van der Waals surface area contributed by atoms with Crippen LogP contribution in [-0.2, 0) is 5.41 Å². The van der Waals surface area contributed by atoms with E-state index >= 15 is 0 Å². The minimum atomic E-state index is -0.216. The van der Waals surface area contributed by atoms with E-state index in [1.807, 2.05) is 13.8 Å². The molecule has 1 fully saturated rings. The maximum atomic E-state index is 5.73. The molecule has 1 aliphatic rings. The summed E-state index contributed by atoms with van der Waals surface area (Å²) in [4.78, 5) is 4.57. The second-order valence-corrected chi connectivity index (χ2v) is 6.17. The van der Waals surface area contributed by atoms with Gasteiger partial charge in [0.15, 0.2) is 5.82 Å². The third kappa shape index (κ3) is 2.74. The van der Waals surface area contributed by atoms with Crippen LogP contribution in [0, 0.1) is 5.92 Å². The predicted molar refractivity (Wildman–Crippen MR) is 71.4 cm³/mol. The zero-order valence-electron chi connectivity index (χ0n) is 11.8. The summed E-state index contributed by atoms with van der Waals surface area (Å²) in [5.41, 5.74) is 5.52. The monoisotopic (exact) mass is 251 g/mol. The average Bonchev–Trinajstić information content (AvgIpc) is 2.89. The van der Waals surface area contributed by atoms with Crippen molar-refractivity contribution in [2.24, 2.45) is 11.7 Å². The minimum Gasteiger partial charge on any atom is -0.339 e. The first-order chi connectivity index (χ1) is 8.56. The van der Waals surface area contributed by atoms with E-state index in [1.54, 1.807) is 0 Å². The van der Waals surface area contributed by atoms with E-state index in [0.29, 0.717) is 18.4 Å². The topological polar surface area (TPSA) is 64.9 Å². The Labute approximate surface area is 109 Å². The zero-order chi connectivity index (χ0) is 13.2. The lowest BCUT2D eigenvalue weighted by molar-refractivity contribution is 0.292. The lowest BCUT2D eigenvalue weighted by Crippen LogP contribution is -2.28. The van der Waals surface area contributed by atoms with E-state index in [-0.39, 0.29) is 5.41 Å². The number of rotatable bonds is 4. The largest absolute Gasteiger partial charge is 0.339 e. The molecule has 0 aromatic carbocycles. The van der Waals surface area contributed by atoms with Gasteiger partial charge in [-0.2, -0.15) is 4.98 Å². The van der Waals surface area contributed by atoms with Crippen LogP contribution in [-0.4, -0.2) is 16.7 Å². The Balaban J connectivity index is 2.03. The molecular formula is C14H25N3O. The fourth-order valence-electron chi connectivity index (χ4n) is 2.59. The fourth-order valence-corrected chi connectivity index (χ4v) is 2.59. The van der Waals surface area contributed by atoms with Crippen molar-refractivity contribution >= 4 is 0 Å². The van der Waals surface area contributed by atoms with E-state index in [9.17, 15) is 0 Å². The van der Waals surface area contributed by atoms with Crippen LogP contribution in [0.4, 0.5) is 0 Å². The quantitative estimate of drug-likeness (QED) is 0.893. The van der Waals surface area contributed by atoms with E-state index in [0.717, 1.165) is 11.7 Å². The molecule has 4 nitrogen and oxygen atoms in total. The smallest absolute Gasteiger partial charge is 0.233 e. The standard InChI is InChI=1S/C14H25N3O/c1-4-10-5-7-11(8-6-10)12-16-13(18-17-12)14(2,3)9-15/h10-11H,4-9,15H2,1-3H3. The summed E-state index contributed by atoms with van der Waals surface area (Å²) >= 11 is 0. The van der Waals surface area contributed by atoms with Crippen LogP contribution >= 0.6 is 0 Å². The molecule has 1 heterocycles. The van der Waals surface area contributed by atoms with Gasteiger partial charge in [-0.3, -0.25) is 0 Å². The molecule has 1 aromatic rings. The number of nitrogens with zero attached hydrogens (tertiary/aromatic N) is 2. The van der Waals surface area contributed by atoms with Gasteiger partial charge in [0, 0.05) is 12.5 Å². The molecule has 1 aliphatic carbocycles. The molecule has 102 valence electrons. The van der Waals surface area contributed by atoms with Gasteiger partial charge in [0.1, 0.15) is 0 Å². The molecule has 0 saturated heterocycles. The second kappa shape index (κ2) is 5.39. The minimum absolute atomic E-state index is 0.216. The Hall–Kier alpha value is -0.900. The highest BCUT2D eigenvalue weighted by Crippen LogP contribution is 2.36. The summed E-state index contributed by atoms with van der Waals surface area (Å²) in [6, 6.07) is 0. The van der Waals surface area contributed by atoms with Crippen LogP contribution in [0.1, 0.15) is 70.5 Å². The van der Waals surface area contributed by atoms with E-state index < -0.39 is 0 Å². The molecule has 0 bridgehead atoms. The van der Waals surface area contributed by atoms with Crippen LogP contribution < -0.4 is 5.73 Å². The van der Waals surface area contributed by atoms with Gasteiger partial charge >= 0.3 is 0 Å². The van der Waals surface area contributed by atoms with Gasteiger partial charge in [0.05, 0.1) is 5.41 Å². The van der Waals surface area contributed by atoms with Crippen LogP contribution in [0.3, 0.4) is 0 Å². The summed E-state index contributed by atoms with van der Waals surface area (Å²) in [7, 11) is 0. The molecule has 0 unspecified atom stereocenters. The lowest BCUT2D eigenvalue weighted by atomic mass is 9.80. The van der Waals surface area contributed by atoms with E-state index in [4.69, 9.17) is 10.3 Å². The van der Waals surface area contributed by atoms with Gasteiger partial charge < -0.3 is 10.3 Å². The van der Waals surface area contributed by atoms with Crippen molar-refractivity contribution in [3.05, 3.63) is 11.7 Å². The molecule has 1 aromatic heterocycles. The molecule has 0 aliphatic heterocycles. The third-order valence-electron chi connectivity index (χ3n) is 4.32. The first kappa shape index (κ1) is 13.5. The maximum Gasteiger partial charge on any atom is 0.233 e. The third-order valence-corrected chi connectivity index (χ3v) is 4.32. The van der Waals surface area contributed by atoms with Crippen molar-refractivity contribution in [1.29, 1.82) is 0 Å². The average molecular weight is 251 g/mol. The van der Waals surface area contributed by atoms with Gasteiger partial charge in [-0.15, -0.1) is 0 Å². The highest BCUT2D eigenvalue weighted by Gasteiger charge is 2.29. The Kier molecular flexibility index (Phi) is 4.05. The fraction of sp³-hybridized carbons (Fsp3) is 0.857. The van der Waals surface area contributed by atoms with Crippen molar-refractivity contribution in [3.8, 4) is 0 Å². The van der Waals surface area contributed by atoms with Crippen molar-refractivity contribution < 1.29 is 4.52 Å². The number of aromatic nitrogens is 2. The van der Waals surface area contributed by atoms with Crippen LogP contribution in [0.2, 0.25) is 0 Å². The number of hydrogen-bond donors (Lipinski definition) is 1. The van der Waals surface area contributed by atoms with Crippen LogP contribution in [0.15, 0.2) is 4.52 Å². The molecule has 4 heteroatoms. The summed E-state index contributed by atoms with van der Waals surface area (Å²) < 4.78 is 5.39. The highest BCUT2D eigenvalue weighted by molar-refractivity contribution is 5.05. The summed E-state index contributed by atoms with van der Waals surface area (Å²) in [5.74, 6) is 2.95. The first-order valence-corrected chi connectivity index (χ1v) is 7.11. The Morgan fingerprint density at radius 3 is 2.50 bits per heavy atom. The molecule has 2 rings (SSSR count). The molecule has 18 heavy (non-hydrogen) atoms. The highest BCUT2D eigenvalue weighted by atomic mass is 16.5. The Morgan fingerprint density at radius 2 is 1.94 bits per heavy atom. The number of hydrogen-bond acceptors (Lipinski definition) is 4. The molecule has 2 N–H and O–H groups in total. The SMILES string of the molecule is CCC1CCC(c2noc(C(C)(C)CN)n2)CC1. The van der Waals surface area contributed by atoms with Gasteiger partial charge in [-0.25, -0.2) is 0 Å².